The third kappa shape index (κ3) is 6.12. The number of piperidine rings is 1. The topological polar surface area (TPSA) is 45.1 Å². The van der Waals surface area contributed by atoms with Crippen LogP contribution in [0.15, 0.2) is 28.9 Å². The molecule has 0 aliphatic carbocycles. The van der Waals surface area contributed by atoms with Gasteiger partial charge in [0.2, 0.25) is 0 Å². The van der Waals surface area contributed by atoms with Gasteiger partial charge in [0.1, 0.15) is 6.61 Å². The van der Waals surface area contributed by atoms with E-state index >= 15 is 0 Å². The fraction of sp³-hybridized carbons (Fsp3) is 0.625. The Morgan fingerprint density at radius 1 is 1.52 bits per heavy atom. The van der Waals surface area contributed by atoms with Crippen molar-refractivity contribution < 1.29 is 9.53 Å². The van der Waals surface area contributed by atoms with Crippen LogP contribution in [0.4, 0.5) is 4.79 Å². The number of carbonyl (C=O) groups is 1. The smallest absolute Gasteiger partial charge is 0.410 e. The van der Waals surface area contributed by atoms with Crippen molar-refractivity contribution in [3.8, 4) is 0 Å². The minimum atomic E-state index is -0.242. The minimum absolute atomic E-state index is 0.242. The van der Waals surface area contributed by atoms with E-state index in [1.807, 2.05) is 25.9 Å². The highest BCUT2D eigenvalue weighted by atomic mass is 16.6. The average Bonchev–Trinajstić information content (AvgIpc) is 2.40. The van der Waals surface area contributed by atoms with Gasteiger partial charge in [-0.25, -0.2) is 4.79 Å². The second kappa shape index (κ2) is 8.62. The molecule has 0 bridgehead atoms. The molecule has 0 N–H and O–H groups in total. The molecule has 0 aromatic rings. The maximum atomic E-state index is 12.1. The van der Waals surface area contributed by atoms with Gasteiger partial charge in [-0.1, -0.05) is 19.6 Å². The van der Waals surface area contributed by atoms with Crippen molar-refractivity contribution in [1.82, 2.24) is 9.80 Å². The van der Waals surface area contributed by atoms with Gasteiger partial charge in [0.15, 0.2) is 0 Å². The van der Waals surface area contributed by atoms with E-state index in [9.17, 15) is 4.79 Å². The van der Waals surface area contributed by atoms with Crippen LogP contribution in [0.3, 0.4) is 0 Å². The van der Waals surface area contributed by atoms with E-state index in [1.165, 1.54) is 0 Å². The second-order valence-corrected chi connectivity index (χ2v) is 5.52. The van der Waals surface area contributed by atoms with Crippen LogP contribution in [0, 0.1) is 0 Å². The highest BCUT2D eigenvalue weighted by molar-refractivity contribution is 6.02. The van der Waals surface area contributed by atoms with Crippen LogP contribution in [0.25, 0.3) is 0 Å². The van der Waals surface area contributed by atoms with Crippen LogP contribution in [0.1, 0.15) is 26.7 Å². The molecule has 0 saturated carbocycles. The van der Waals surface area contributed by atoms with Gasteiger partial charge < -0.3 is 14.5 Å². The Hall–Kier alpha value is -1.62. The van der Waals surface area contributed by atoms with Crippen molar-refractivity contribution in [2.45, 2.75) is 26.7 Å². The lowest BCUT2D eigenvalue weighted by Crippen LogP contribution is -2.41. The number of carbonyl (C=O) groups excluding carboxylic acids is 1. The predicted molar refractivity (Wildman–Crippen MR) is 86.7 cm³/mol. The Labute approximate surface area is 128 Å². The summed E-state index contributed by atoms with van der Waals surface area (Å²) in [5.74, 6) is 0. The summed E-state index contributed by atoms with van der Waals surface area (Å²) in [6.45, 7) is 10.2. The number of ether oxygens (including phenoxy) is 1. The molecule has 1 aliphatic rings. The van der Waals surface area contributed by atoms with Crippen LogP contribution in [-0.4, -0.2) is 61.9 Å². The van der Waals surface area contributed by atoms with Gasteiger partial charge in [0.25, 0.3) is 0 Å². The summed E-state index contributed by atoms with van der Waals surface area (Å²) in [5, 5.41) is 0. The highest BCUT2D eigenvalue weighted by Gasteiger charge is 2.24. The summed E-state index contributed by atoms with van der Waals surface area (Å²) in [5.41, 5.74) is 2.95. The molecule has 1 aliphatic heterocycles. The largest absolute Gasteiger partial charge is 0.448 e. The van der Waals surface area contributed by atoms with Crippen molar-refractivity contribution in [2.75, 3.05) is 40.3 Å². The molecule has 0 unspecified atom stereocenters. The lowest BCUT2D eigenvalue weighted by Gasteiger charge is -2.29. The number of amides is 1. The Kier molecular flexibility index (Phi) is 7.15. The molecule has 1 saturated heterocycles. The number of allylic oxidation sites excluding steroid dienone is 2. The number of rotatable bonds is 5. The summed E-state index contributed by atoms with van der Waals surface area (Å²) < 4.78 is 5.30. The van der Waals surface area contributed by atoms with Gasteiger partial charge in [-0.2, -0.15) is 0 Å². The maximum Gasteiger partial charge on any atom is 0.410 e. The van der Waals surface area contributed by atoms with Crippen molar-refractivity contribution in [1.29, 1.82) is 0 Å². The molecule has 1 rings (SSSR count). The van der Waals surface area contributed by atoms with E-state index in [0.29, 0.717) is 19.7 Å². The zero-order valence-corrected chi connectivity index (χ0v) is 13.7. The quantitative estimate of drug-likeness (QED) is 0.783. The fourth-order valence-electron chi connectivity index (χ4n) is 2.13. The van der Waals surface area contributed by atoms with E-state index in [4.69, 9.17) is 4.74 Å². The maximum absolute atomic E-state index is 12.1. The molecule has 1 fully saturated rings. The highest BCUT2D eigenvalue weighted by Crippen LogP contribution is 2.16. The Morgan fingerprint density at radius 3 is 2.81 bits per heavy atom. The molecule has 1 amide bonds. The van der Waals surface area contributed by atoms with E-state index in [1.54, 1.807) is 4.90 Å². The minimum Gasteiger partial charge on any atom is -0.448 e. The second-order valence-electron chi connectivity index (χ2n) is 5.52. The third-order valence-electron chi connectivity index (χ3n) is 3.15. The first-order valence-electron chi connectivity index (χ1n) is 7.43. The summed E-state index contributed by atoms with van der Waals surface area (Å²) in [4.78, 5) is 20.3. The number of aliphatic imine (C=N–C) groups is 1. The van der Waals surface area contributed by atoms with Gasteiger partial charge in [0.05, 0.1) is 6.54 Å². The molecule has 0 radical (unpaired) electrons. The summed E-state index contributed by atoms with van der Waals surface area (Å²) >= 11 is 0. The van der Waals surface area contributed by atoms with Gasteiger partial charge >= 0.3 is 6.09 Å². The number of likely N-dealkylation sites (tertiary alicyclic amines) is 1. The summed E-state index contributed by atoms with van der Waals surface area (Å²) in [7, 11) is 3.91. The van der Waals surface area contributed by atoms with Crippen LogP contribution in [0.2, 0.25) is 0 Å². The predicted octanol–water partition coefficient (Wildman–Crippen LogP) is 2.70. The number of hydrogen-bond acceptors (Lipinski definition) is 4. The van der Waals surface area contributed by atoms with Gasteiger partial charge in [-0.3, -0.25) is 4.99 Å². The van der Waals surface area contributed by atoms with Crippen molar-refractivity contribution in [3.05, 3.63) is 23.9 Å². The Bertz CT molecular complexity index is 439. The Balaban J connectivity index is 2.63. The fourth-order valence-corrected chi connectivity index (χ4v) is 2.13. The molecule has 0 spiro atoms. The van der Waals surface area contributed by atoms with Gasteiger partial charge in [-0.15, -0.1) is 0 Å². The van der Waals surface area contributed by atoms with Crippen molar-refractivity contribution >= 4 is 11.8 Å². The SMILES string of the molecule is C=C(C)/N=C1/CCN(C(=O)OCCN(C)C)C/C1=C/CC. The zero-order chi connectivity index (χ0) is 15.8. The molecular weight excluding hydrogens is 266 g/mol. The molecule has 0 aromatic carbocycles. The summed E-state index contributed by atoms with van der Waals surface area (Å²) in [6.07, 6.45) is 3.56. The molecule has 1 heterocycles. The molecular formula is C16H27N3O2. The third-order valence-corrected chi connectivity index (χ3v) is 3.15. The lowest BCUT2D eigenvalue weighted by atomic mass is 10.0. The first-order valence-corrected chi connectivity index (χ1v) is 7.43. The standard InChI is InChI=1S/C16H27N3O2/c1-6-7-14-12-19(9-8-15(14)17-13(2)3)16(20)21-11-10-18(4)5/h7H,2,6,8-12H2,1,3-5H3/b14-7-,17-15-. The average molecular weight is 293 g/mol. The molecule has 5 nitrogen and oxygen atoms in total. The van der Waals surface area contributed by atoms with Crippen LogP contribution in [-0.2, 0) is 4.74 Å². The van der Waals surface area contributed by atoms with Crippen LogP contribution < -0.4 is 0 Å². The molecule has 21 heavy (non-hydrogen) atoms. The van der Waals surface area contributed by atoms with Crippen molar-refractivity contribution in [2.24, 2.45) is 4.99 Å². The lowest BCUT2D eigenvalue weighted by molar-refractivity contribution is 0.0989. The van der Waals surface area contributed by atoms with Gasteiger partial charge in [-0.05, 0) is 33.0 Å². The first-order chi connectivity index (χ1) is 9.93. The number of likely N-dealkylation sites (N-methyl/N-ethyl adjacent to an activating group) is 1. The molecule has 0 aromatic heterocycles. The van der Waals surface area contributed by atoms with Crippen LogP contribution in [0.5, 0.6) is 0 Å². The molecule has 118 valence electrons. The zero-order valence-electron chi connectivity index (χ0n) is 13.7. The monoisotopic (exact) mass is 293 g/mol. The molecule has 5 heteroatoms. The van der Waals surface area contributed by atoms with E-state index in [2.05, 4.69) is 24.6 Å². The summed E-state index contributed by atoms with van der Waals surface area (Å²) in [6, 6.07) is 0. The first kappa shape index (κ1) is 17.4. The normalized spacial score (nSPS) is 19.4. The van der Waals surface area contributed by atoms with Gasteiger partial charge in [0, 0.05) is 30.9 Å². The molecule has 0 atom stereocenters. The van der Waals surface area contributed by atoms with E-state index in [-0.39, 0.29) is 6.09 Å². The number of nitrogens with zero attached hydrogens (tertiary/aromatic N) is 3. The van der Waals surface area contributed by atoms with E-state index in [0.717, 1.165) is 36.4 Å². The van der Waals surface area contributed by atoms with E-state index < -0.39 is 0 Å². The van der Waals surface area contributed by atoms with Crippen LogP contribution >= 0.6 is 0 Å². The van der Waals surface area contributed by atoms with Crippen molar-refractivity contribution in [3.63, 3.8) is 0 Å². The number of hydrogen-bond donors (Lipinski definition) is 0. The Morgan fingerprint density at radius 2 is 2.24 bits per heavy atom.